The maximum atomic E-state index is 12.4. The Bertz CT molecular complexity index is 852. The standard InChI is InChI=1S/C13H20N4O4/c1-15-8-14-11-10(15)12(20)17(13(21)16(11)2)6-4-3-5-9(19)7-18/h8-9,18-19H,3-7H2,1-2H3/i5D,7D2. The Balaban J connectivity index is 2.21. The smallest absolute Gasteiger partial charge is 0.332 e. The number of hydrogen-bond acceptors (Lipinski definition) is 5. The number of aromatic nitrogens is 4. The summed E-state index contributed by atoms with van der Waals surface area (Å²) in [5.74, 6) is 0. The SMILES string of the molecule is [2H]C(CCCn1c(=O)c2c(ncn2C)n(C)c1=O)C(O)C([2H])([2H])O. The van der Waals surface area contributed by atoms with Crippen molar-refractivity contribution in [1.82, 2.24) is 18.7 Å². The zero-order valence-electron chi connectivity index (χ0n) is 14.9. The highest BCUT2D eigenvalue weighted by atomic mass is 16.3. The van der Waals surface area contributed by atoms with Gasteiger partial charge in [-0.3, -0.25) is 13.9 Å². The summed E-state index contributed by atoms with van der Waals surface area (Å²) in [4.78, 5) is 28.7. The minimum atomic E-state index is -2.87. The molecule has 116 valence electrons. The van der Waals surface area contributed by atoms with E-state index in [-0.39, 0.29) is 30.6 Å². The molecule has 0 radical (unpaired) electrons. The fourth-order valence-corrected chi connectivity index (χ4v) is 2.17. The topological polar surface area (TPSA) is 102 Å². The molecule has 2 heterocycles. The van der Waals surface area contributed by atoms with Crippen LogP contribution < -0.4 is 11.2 Å². The third kappa shape index (κ3) is 2.91. The van der Waals surface area contributed by atoms with Crippen molar-refractivity contribution < 1.29 is 14.3 Å². The molecule has 8 heteroatoms. The van der Waals surface area contributed by atoms with Crippen LogP contribution in [0.2, 0.25) is 0 Å². The first-order valence-corrected chi connectivity index (χ1v) is 6.49. The van der Waals surface area contributed by atoms with Gasteiger partial charge in [0, 0.05) is 22.0 Å². The number of imidazole rings is 1. The number of rotatable bonds is 6. The first-order chi connectivity index (χ1) is 11.1. The second-order valence-electron chi connectivity index (χ2n) is 4.78. The molecule has 0 saturated carbocycles. The Labute approximate surface area is 125 Å². The van der Waals surface area contributed by atoms with Crippen LogP contribution in [0.25, 0.3) is 11.2 Å². The number of aliphatic hydroxyl groups excluding tert-OH is 1. The molecule has 2 aromatic rings. The molecule has 0 aromatic carbocycles. The van der Waals surface area contributed by atoms with Gasteiger partial charge in [-0.25, -0.2) is 9.78 Å². The van der Waals surface area contributed by atoms with Crippen molar-refractivity contribution in [3.63, 3.8) is 0 Å². The van der Waals surface area contributed by atoms with Gasteiger partial charge in [0.2, 0.25) is 0 Å². The quantitative estimate of drug-likeness (QED) is 0.709. The van der Waals surface area contributed by atoms with Crippen molar-refractivity contribution in [2.75, 3.05) is 6.56 Å². The van der Waals surface area contributed by atoms with Crippen molar-refractivity contribution in [2.45, 2.75) is 31.9 Å². The molecule has 0 amide bonds. The van der Waals surface area contributed by atoms with Gasteiger partial charge in [0.15, 0.2) is 11.2 Å². The Morgan fingerprint density at radius 3 is 2.76 bits per heavy atom. The summed E-state index contributed by atoms with van der Waals surface area (Å²) >= 11 is 0. The fraction of sp³-hybridized carbons (Fsp3) is 0.615. The van der Waals surface area contributed by atoms with Gasteiger partial charge in [0.1, 0.15) is 0 Å². The predicted molar refractivity (Wildman–Crippen MR) is 77.2 cm³/mol. The van der Waals surface area contributed by atoms with Gasteiger partial charge in [-0.1, -0.05) is 0 Å². The lowest BCUT2D eigenvalue weighted by molar-refractivity contribution is 0.0858. The predicted octanol–water partition coefficient (Wildman–Crippen LogP) is -1.04. The van der Waals surface area contributed by atoms with E-state index >= 15 is 0 Å². The van der Waals surface area contributed by atoms with E-state index in [9.17, 15) is 14.7 Å². The van der Waals surface area contributed by atoms with E-state index in [1.165, 1.54) is 22.5 Å². The minimum Gasteiger partial charge on any atom is -0.394 e. The molecule has 2 rings (SSSR count). The molecule has 8 nitrogen and oxygen atoms in total. The highest BCUT2D eigenvalue weighted by Crippen LogP contribution is 2.05. The fourth-order valence-electron chi connectivity index (χ4n) is 2.17. The monoisotopic (exact) mass is 299 g/mol. The van der Waals surface area contributed by atoms with Crippen molar-refractivity contribution in [1.29, 1.82) is 0 Å². The van der Waals surface area contributed by atoms with Crippen LogP contribution in [0.4, 0.5) is 0 Å². The maximum Gasteiger partial charge on any atom is 0.332 e. The van der Waals surface area contributed by atoms with Gasteiger partial charge in [0.25, 0.3) is 5.56 Å². The van der Waals surface area contributed by atoms with E-state index in [1.807, 2.05) is 0 Å². The van der Waals surface area contributed by atoms with E-state index in [4.69, 9.17) is 9.22 Å². The molecular weight excluding hydrogens is 276 g/mol. The third-order valence-electron chi connectivity index (χ3n) is 3.31. The largest absolute Gasteiger partial charge is 0.394 e. The van der Waals surface area contributed by atoms with Gasteiger partial charge in [-0.15, -0.1) is 0 Å². The average molecular weight is 299 g/mol. The molecule has 0 saturated heterocycles. The second-order valence-corrected chi connectivity index (χ2v) is 4.78. The molecule has 0 spiro atoms. The molecule has 21 heavy (non-hydrogen) atoms. The van der Waals surface area contributed by atoms with Crippen LogP contribution in [0.1, 0.15) is 23.4 Å². The van der Waals surface area contributed by atoms with Crippen molar-refractivity contribution in [3.8, 4) is 0 Å². The number of nitrogens with zero attached hydrogens (tertiary/aromatic N) is 4. The lowest BCUT2D eigenvalue weighted by Gasteiger charge is -2.09. The summed E-state index contributed by atoms with van der Waals surface area (Å²) < 4.78 is 25.4. The van der Waals surface area contributed by atoms with Crippen LogP contribution >= 0.6 is 0 Å². The molecule has 0 fully saturated rings. The summed E-state index contributed by atoms with van der Waals surface area (Å²) in [6.07, 6.45) is -1.49. The van der Waals surface area contributed by atoms with Crippen LogP contribution in [-0.2, 0) is 20.6 Å². The van der Waals surface area contributed by atoms with E-state index in [2.05, 4.69) is 4.98 Å². The summed E-state index contributed by atoms with van der Waals surface area (Å²) in [5.41, 5.74) is -0.462. The number of aliphatic hydroxyl groups is 2. The molecule has 0 aliphatic heterocycles. The van der Waals surface area contributed by atoms with Crippen molar-refractivity contribution >= 4 is 11.2 Å². The van der Waals surface area contributed by atoms with Crippen molar-refractivity contribution in [3.05, 3.63) is 27.2 Å². The highest BCUT2D eigenvalue weighted by Gasteiger charge is 2.14. The molecular formula is C13H20N4O4. The molecule has 0 aliphatic rings. The zero-order chi connectivity index (χ0) is 18.2. The molecule has 2 N–H and O–H groups in total. The lowest BCUT2D eigenvalue weighted by atomic mass is 10.1. The summed E-state index contributed by atoms with van der Waals surface area (Å²) in [5, 5.41) is 18.6. The Kier molecular flexibility index (Phi) is 3.47. The second kappa shape index (κ2) is 6.23. The average Bonchev–Trinajstić information content (AvgIpc) is 2.88. The van der Waals surface area contributed by atoms with Gasteiger partial charge in [-0.05, 0) is 19.2 Å². The van der Waals surface area contributed by atoms with Gasteiger partial charge in [0.05, 0.1) is 21.7 Å². The van der Waals surface area contributed by atoms with Crippen LogP contribution in [0.3, 0.4) is 0 Å². The van der Waals surface area contributed by atoms with E-state index in [0.29, 0.717) is 0 Å². The Morgan fingerprint density at radius 2 is 2.10 bits per heavy atom. The molecule has 2 atom stereocenters. The Hall–Kier alpha value is -1.93. The summed E-state index contributed by atoms with van der Waals surface area (Å²) in [7, 11) is 3.15. The maximum absolute atomic E-state index is 12.4. The highest BCUT2D eigenvalue weighted by molar-refractivity contribution is 5.69. The van der Waals surface area contributed by atoms with E-state index in [1.54, 1.807) is 7.05 Å². The third-order valence-corrected chi connectivity index (χ3v) is 3.31. The summed E-state index contributed by atoms with van der Waals surface area (Å²) in [6, 6.07) is 0. The van der Waals surface area contributed by atoms with Crippen LogP contribution in [0, 0.1) is 0 Å². The van der Waals surface area contributed by atoms with Gasteiger partial charge >= 0.3 is 5.69 Å². The first kappa shape index (κ1) is 11.7. The Morgan fingerprint density at radius 1 is 1.38 bits per heavy atom. The summed E-state index contributed by atoms with van der Waals surface area (Å²) in [6.45, 7) is -2.85. The zero-order valence-corrected chi connectivity index (χ0v) is 11.9. The van der Waals surface area contributed by atoms with Crippen LogP contribution in [-0.4, -0.2) is 41.6 Å². The molecule has 2 aromatic heterocycles. The molecule has 2 unspecified atom stereocenters. The van der Waals surface area contributed by atoms with Crippen LogP contribution in [0.15, 0.2) is 15.9 Å². The van der Waals surface area contributed by atoms with Gasteiger partial charge < -0.3 is 14.8 Å². The van der Waals surface area contributed by atoms with E-state index in [0.717, 1.165) is 4.57 Å². The van der Waals surface area contributed by atoms with Crippen LogP contribution in [0.5, 0.6) is 0 Å². The van der Waals surface area contributed by atoms with E-state index < -0.39 is 30.3 Å². The molecule has 0 aliphatic carbocycles. The number of aryl methyl sites for hydroxylation is 2. The number of fused-ring (bicyclic) bond motifs is 1. The minimum absolute atomic E-state index is 0.0141. The molecule has 0 bridgehead atoms. The first-order valence-electron chi connectivity index (χ1n) is 8.07. The van der Waals surface area contributed by atoms with Gasteiger partial charge in [-0.2, -0.15) is 0 Å². The lowest BCUT2D eigenvalue weighted by Crippen LogP contribution is -2.39. The van der Waals surface area contributed by atoms with Crippen molar-refractivity contribution in [2.24, 2.45) is 14.1 Å². The number of hydrogen-bond donors (Lipinski definition) is 2. The normalized spacial score (nSPS) is 17.2.